The highest BCUT2D eigenvalue weighted by Crippen LogP contribution is 2.34. The van der Waals surface area contributed by atoms with E-state index < -0.39 is 0 Å². The minimum Gasteiger partial charge on any atom is -0.339 e. The third-order valence-electron chi connectivity index (χ3n) is 2.59. The van der Waals surface area contributed by atoms with Gasteiger partial charge in [0.15, 0.2) is 5.82 Å². The molecule has 4 heteroatoms. The molecule has 74 valence electrons. The number of anilines is 1. The van der Waals surface area contributed by atoms with Gasteiger partial charge in [-0.05, 0) is 6.92 Å². The number of nitrogens with one attached hydrogen (secondary N) is 1. The van der Waals surface area contributed by atoms with E-state index in [0.717, 1.165) is 28.9 Å². The maximum absolute atomic E-state index is 4.39. The SMILES string of the molecule is C=C1c2[nH]c(C)nc2N(C)C(=C)N1C. The van der Waals surface area contributed by atoms with Gasteiger partial charge in [-0.2, -0.15) is 0 Å². The van der Waals surface area contributed by atoms with Crippen LogP contribution in [0.15, 0.2) is 19.0 Å². The van der Waals surface area contributed by atoms with Crippen molar-refractivity contribution < 1.29 is 0 Å². The maximum Gasteiger partial charge on any atom is 0.161 e. The smallest absolute Gasteiger partial charge is 0.161 e. The maximum atomic E-state index is 4.39. The summed E-state index contributed by atoms with van der Waals surface area (Å²) in [6, 6.07) is 0. The van der Waals surface area contributed by atoms with E-state index in [1.807, 2.05) is 30.8 Å². The van der Waals surface area contributed by atoms with Crippen molar-refractivity contribution in [1.29, 1.82) is 0 Å². The van der Waals surface area contributed by atoms with E-state index in [-0.39, 0.29) is 0 Å². The van der Waals surface area contributed by atoms with Crippen LogP contribution < -0.4 is 4.90 Å². The highest BCUT2D eigenvalue weighted by atomic mass is 15.4. The van der Waals surface area contributed by atoms with Crippen molar-refractivity contribution in [2.45, 2.75) is 6.92 Å². The molecule has 0 bridgehead atoms. The normalized spacial score (nSPS) is 16.2. The molecule has 0 aromatic carbocycles. The van der Waals surface area contributed by atoms with Gasteiger partial charge < -0.3 is 14.8 Å². The molecular formula is C10H14N4. The van der Waals surface area contributed by atoms with Crippen molar-refractivity contribution in [3.63, 3.8) is 0 Å². The first kappa shape index (κ1) is 8.87. The zero-order chi connectivity index (χ0) is 10.5. The highest BCUT2D eigenvalue weighted by Gasteiger charge is 2.26. The fourth-order valence-corrected chi connectivity index (χ4v) is 1.59. The van der Waals surface area contributed by atoms with Crippen LogP contribution in [0.5, 0.6) is 0 Å². The number of hydrogen-bond acceptors (Lipinski definition) is 3. The van der Waals surface area contributed by atoms with Crippen molar-refractivity contribution in [3.8, 4) is 0 Å². The minimum absolute atomic E-state index is 0.883. The Labute approximate surface area is 83.5 Å². The lowest BCUT2D eigenvalue weighted by Gasteiger charge is -2.35. The number of aromatic amines is 1. The molecule has 2 heterocycles. The summed E-state index contributed by atoms with van der Waals surface area (Å²) in [5.74, 6) is 2.68. The Morgan fingerprint density at radius 3 is 2.50 bits per heavy atom. The lowest BCUT2D eigenvalue weighted by Crippen LogP contribution is -2.33. The molecule has 1 aromatic heterocycles. The molecule has 0 spiro atoms. The van der Waals surface area contributed by atoms with Gasteiger partial charge in [0.1, 0.15) is 17.3 Å². The molecule has 0 aliphatic carbocycles. The Balaban J connectivity index is 2.61. The summed E-state index contributed by atoms with van der Waals surface area (Å²) in [6.07, 6.45) is 0. The van der Waals surface area contributed by atoms with Gasteiger partial charge in [-0.25, -0.2) is 4.98 Å². The topological polar surface area (TPSA) is 35.2 Å². The molecule has 1 aliphatic heterocycles. The molecule has 0 fully saturated rings. The van der Waals surface area contributed by atoms with E-state index in [2.05, 4.69) is 23.1 Å². The summed E-state index contributed by atoms with van der Waals surface area (Å²) in [7, 11) is 3.89. The molecular weight excluding hydrogens is 176 g/mol. The van der Waals surface area contributed by atoms with Crippen molar-refractivity contribution >= 4 is 11.5 Å². The van der Waals surface area contributed by atoms with Crippen LogP contribution >= 0.6 is 0 Å². The third-order valence-corrected chi connectivity index (χ3v) is 2.59. The van der Waals surface area contributed by atoms with Crippen molar-refractivity contribution in [3.05, 3.63) is 30.5 Å². The van der Waals surface area contributed by atoms with Gasteiger partial charge in [-0.3, -0.25) is 0 Å². The van der Waals surface area contributed by atoms with Gasteiger partial charge in [0, 0.05) is 14.1 Å². The van der Waals surface area contributed by atoms with E-state index in [1.165, 1.54) is 0 Å². The fraction of sp³-hybridized carbons (Fsp3) is 0.300. The molecule has 1 N–H and O–H groups in total. The number of H-pyrrole nitrogens is 1. The molecule has 0 amide bonds. The van der Waals surface area contributed by atoms with Gasteiger partial charge in [-0.15, -0.1) is 0 Å². The van der Waals surface area contributed by atoms with Crippen LogP contribution in [0.3, 0.4) is 0 Å². The number of nitrogens with zero attached hydrogens (tertiary/aromatic N) is 3. The predicted octanol–water partition coefficient (Wildman–Crippen LogP) is 1.54. The molecule has 1 aliphatic rings. The molecule has 0 saturated carbocycles. The number of hydrogen-bond donors (Lipinski definition) is 1. The molecule has 2 rings (SSSR count). The van der Waals surface area contributed by atoms with Crippen molar-refractivity contribution in [1.82, 2.24) is 14.9 Å². The second-order valence-corrected chi connectivity index (χ2v) is 3.50. The van der Waals surface area contributed by atoms with E-state index >= 15 is 0 Å². The lowest BCUT2D eigenvalue weighted by atomic mass is 10.2. The van der Waals surface area contributed by atoms with Gasteiger partial charge in [0.2, 0.25) is 0 Å². The van der Waals surface area contributed by atoms with Gasteiger partial charge in [0.25, 0.3) is 0 Å². The van der Waals surface area contributed by atoms with E-state index in [9.17, 15) is 0 Å². The molecule has 0 saturated heterocycles. The van der Waals surface area contributed by atoms with E-state index in [1.54, 1.807) is 0 Å². The van der Waals surface area contributed by atoms with E-state index in [0.29, 0.717) is 0 Å². The first-order valence-corrected chi connectivity index (χ1v) is 4.44. The second-order valence-electron chi connectivity index (χ2n) is 3.50. The molecule has 4 nitrogen and oxygen atoms in total. The molecule has 0 radical (unpaired) electrons. The lowest BCUT2D eigenvalue weighted by molar-refractivity contribution is 0.562. The summed E-state index contributed by atoms with van der Waals surface area (Å²) in [5.41, 5.74) is 1.88. The standard InChI is InChI=1S/C10H14N4/c1-6-9-10(12-7(2)11-9)14(5)8(3)13(6)4/h1,3H2,2,4-5H3,(H,11,12). The molecule has 14 heavy (non-hydrogen) atoms. The van der Waals surface area contributed by atoms with Crippen molar-refractivity contribution in [2.75, 3.05) is 19.0 Å². The van der Waals surface area contributed by atoms with Gasteiger partial charge >= 0.3 is 0 Å². The van der Waals surface area contributed by atoms with Crippen LogP contribution in [0.25, 0.3) is 5.70 Å². The highest BCUT2D eigenvalue weighted by molar-refractivity contribution is 5.75. The van der Waals surface area contributed by atoms with Gasteiger partial charge in [0.05, 0.1) is 5.70 Å². The zero-order valence-electron chi connectivity index (χ0n) is 8.76. The zero-order valence-corrected chi connectivity index (χ0v) is 8.76. The van der Waals surface area contributed by atoms with Crippen LogP contribution in [-0.4, -0.2) is 29.0 Å². The Kier molecular flexibility index (Phi) is 1.67. The Bertz CT molecular complexity index is 416. The van der Waals surface area contributed by atoms with Gasteiger partial charge in [-0.1, -0.05) is 13.2 Å². The minimum atomic E-state index is 0.883. The number of aryl methyl sites for hydroxylation is 1. The predicted molar refractivity (Wildman–Crippen MR) is 57.7 cm³/mol. The largest absolute Gasteiger partial charge is 0.339 e. The summed E-state index contributed by atoms with van der Waals surface area (Å²) >= 11 is 0. The average Bonchev–Trinajstić information content (AvgIpc) is 2.54. The summed E-state index contributed by atoms with van der Waals surface area (Å²) in [6.45, 7) is 9.91. The summed E-state index contributed by atoms with van der Waals surface area (Å²) < 4.78 is 0. The number of rotatable bonds is 0. The van der Waals surface area contributed by atoms with Crippen LogP contribution in [0.4, 0.5) is 5.82 Å². The van der Waals surface area contributed by atoms with E-state index in [4.69, 9.17) is 0 Å². The first-order chi connectivity index (χ1) is 6.52. The first-order valence-electron chi connectivity index (χ1n) is 4.44. The molecule has 0 unspecified atom stereocenters. The molecule has 1 aromatic rings. The number of imidazole rings is 1. The summed E-state index contributed by atoms with van der Waals surface area (Å²) in [4.78, 5) is 11.5. The third kappa shape index (κ3) is 0.968. The fourth-order valence-electron chi connectivity index (χ4n) is 1.59. The Morgan fingerprint density at radius 1 is 1.21 bits per heavy atom. The van der Waals surface area contributed by atoms with Crippen LogP contribution in [0.1, 0.15) is 11.5 Å². The molecule has 0 atom stereocenters. The Morgan fingerprint density at radius 2 is 1.86 bits per heavy atom. The Hall–Kier alpha value is -1.71. The number of aromatic nitrogens is 2. The van der Waals surface area contributed by atoms with Crippen LogP contribution in [0.2, 0.25) is 0 Å². The average molecular weight is 190 g/mol. The number of fused-ring (bicyclic) bond motifs is 1. The van der Waals surface area contributed by atoms with Crippen LogP contribution in [-0.2, 0) is 0 Å². The van der Waals surface area contributed by atoms with Crippen molar-refractivity contribution in [2.24, 2.45) is 0 Å². The summed E-state index contributed by atoms with van der Waals surface area (Å²) in [5, 5.41) is 0. The quantitative estimate of drug-likeness (QED) is 0.674. The second kappa shape index (κ2) is 2.64. The monoisotopic (exact) mass is 190 g/mol. The van der Waals surface area contributed by atoms with Crippen LogP contribution in [0, 0.1) is 6.92 Å².